The summed E-state index contributed by atoms with van der Waals surface area (Å²) in [7, 11) is 0.845. The van der Waals surface area contributed by atoms with Crippen LogP contribution in [0.4, 0.5) is 8.78 Å². The van der Waals surface area contributed by atoms with E-state index in [1.54, 1.807) is 0 Å². The van der Waals surface area contributed by atoms with E-state index in [0.717, 1.165) is 21.0 Å². The average Bonchev–Trinajstić information content (AvgIpc) is 1.64. The summed E-state index contributed by atoms with van der Waals surface area (Å²) in [5.41, 5.74) is -2.11. The van der Waals surface area contributed by atoms with Crippen LogP contribution in [0.2, 0.25) is 0 Å². The normalized spacial score (nSPS) is 14.0. The maximum Gasteiger partial charge on any atom is 0.383 e. The third-order valence-electron chi connectivity index (χ3n) is 0.969. The zero-order valence-electron chi connectivity index (χ0n) is 5.61. The minimum atomic E-state index is -3.47. The van der Waals surface area contributed by atoms with Crippen molar-refractivity contribution in [2.75, 3.05) is 7.11 Å². The van der Waals surface area contributed by atoms with Crippen LogP contribution in [0.25, 0.3) is 0 Å². The predicted molar refractivity (Wildman–Crippen MR) is 28.3 cm³/mol. The number of ether oxygens (including phenoxy) is 1. The molecule has 0 aromatic rings. The lowest BCUT2D eigenvalue weighted by Crippen LogP contribution is -2.43. The summed E-state index contributed by atoms with van der Waals surface area (Å²) in [5.74, 6) is 0. The molecule has 0 amide bonds. The zero-order chi connectivity index (χ0) is 7.71. The fraction of sp³-hybridized carbons (Fsp3) is 1.00. The Morgan fingerprint density at radius 2 is 1.67 bits per heavy atom. The van der Waals surface area contributed by atoms with Crippen molar-refractivity contribution in [1.29, 1.82) is 0 Å². The summed E-state index contributed by atoms with van der Waals surface area (Å²) >= 11 is 0. The quantitative estimate of drug-likeness (QED) is 0.620. The van der Waals surface area contributed by atoms with E-state index in [-0.39, 0.29) is 0 Å². The molecule has 0 aliphatic carbocycles. The third kappa shape index (κ3) is 1.87. The van der Waals surface area contributed by atoms with E-state index in [1.807, 2.05) is 0 Å². The second-order valence-corrected chi connectivity index (χ2v) is 2.28. The second-order valence-electron chi connectivity index (χ2n) is 2.28. The molecule has 1 N–H and O–H groups in total. The summed E-state index contributed by atoms with van der Waals surface area (Å²) in [6.45, 7) is 1.97. The highest BCUT2D eigenvalue weighted by Crippen LogP contribution is 2.27. The average molecular weight is 140 g/mol. The number of halogens is 2. The van der Waals surface area contributed by atoms with Crippen molar-refractivity contribution < 1.29 is 18.6 Å². The van der Waals surface area contributed by atoms with E-state index in [4.69, 9.17) is 5.11 Å². The highest BCUT2D eigenvalue weighted by molar-refractivity contribution is 4.75. The molecule has 0 aliphatic rings. The van der Waals surface area contributed by atoms with Crippen molar-refractivity contribution in [2.24, 2.45) is 0 Å². The van der Waals surface area contributed by atoms with E-state index >= 15 is 0 Å². The van der Waals surface area contributed by atoms with Gasteiger partial charge in [-0.25, -0.2) is 0 Å². The molecule has 2 nitrogen and oxygen atoms in total. The molecule has 0 unspecified atom stereocenters. The van der Waals surface area contributed by atoms with E-state index in [1.165, 1.54) is 0 Å². The van der Waals surface area contributed by atoms with E-state index < -0.39 is 11.7 Å². The SMILES string of the molecule is COC(F)(F)C(C)(C)O. The molecule has 0 rings (SSSR count). The first kappa shape index (κ1) is 8.78. The summed E-state index contributed by atoms with van der Waals surface area (Å²) < 4.78 is 28.1. The van der Waals surface area contributed by atoms with Crippen molar-refractivity contribution in [3.8, 4) is 0 Å². The number of rotatable bonds is 2. The molecule has 4 heteroatoms. The van der Waals surface area contributed by atoms with Crippen LogP contribution in [0, 0.1) is 0 Å². The lowest BCUT2D eigenvalue weighted by atomic mass is 10.1. The largest absolute Gasteiger partial charge is 0.383 e. The van der Waals surface area contributed by atoms with Crippen molar-refractivity contribution in [3.63, 3.8) is 0 Å². The Kier molecular flexibility index (Phi) is 2.14. The molecular formula is C5H10F2O2. The Morgan fingerprint density at radius 1 is 1.33 bits per heavy atom. The van der Waals surface area contributed by atoms with Crippen LogP contribution < -0.4 is 0 Å². The topological polar surface area (TPSA) is 29.5 Å². The molecule has 0 aromatic carbocycles. The van der Waals surface area contributed by atoms with Crippen molar-refractivity contribution >= 4 is 0 Å². The van der Waals surface area contributed by atoms with Crippen LogP contribution in [0.3, 0.4) is 0 Å². The Labute approximate surface area is 52.4 Å². The third-order valence-corrected chi connectivity index (χ3v) is 0.969. The smallest absolute Gasteiger partial charge is 0.381 e. The second kappa shape index (κ2) is 2.19. The van der Waals surface area contributed by atoms with Gasteiger partial charge in [0.05, 0.1) is 0 Å². The van der Waals surface area contributed by atoms with Gasteiger partial charge >= 0.3 is 6.11 Å². The van der Waals surface area contributed by atoms with Gasteiger partial charge in [-0.3, -0.25) is 0 Å². The molecule has 9 heavy (non-hydrogen) atoms. The van der Waals surface area contributed by atoms with Crippen LogP contribution in [-0.4, -0.2) is 23.9 Å². The van der Waals surface area contributed by atoms with E-state index in [0.29, 0.717) is 0 Å². The summed E-state index contributed by atoms with van der Waals surface area (Å²) in [6.07, 6.45) is -3.47. The number of hydrogen-bond acceptors (Lipinski definition) is 2. The van der Waals surface area contributed by atoms with Crippen LogP contribution in [0.15, 0.2) is 0 Å². The van der Waals surface area contributed by atoms with Gasteiger partial charge in [0.15, 0.2) is 0 Å². The maximum absolute atomic E-state index is 12.2. The van der Waals surface area contributed by atoms with Gasteiger partial charge in [0.2, 0.25) is 0 Å². The molecular weight excluding hydrogens is 130 g/mol. The monoisotopic (exact) mass is 140 g/mol. The molecule has 0 saturated carbocycles. The highest BCUT2D eigenvalue weighted by Gasteiger charge is 2.45. The molecule has 56 valence electrons. The Morgan fingerprint density at radius 3 is 1.67 bits per heavy atom. The minimum Gasteiger partial charge on any atom is -0.381 e. The fourth-order valence-electron chi connectivity index (χ4n) is 0.250. The van der Waals surface area contributed by atoms with Gasteiger partial charge < -0.3 is 9.84 Å². The Bertz CT molecular complexity index is 95.6. The molecule has 0 aromatic heterocycles. The first-order valence-electron chi connectivity index (χ1n) is 2.46. The van der Waals surface area contributed by atoms with Gasteiger partial charge in [0.25, 0.3) is 0 Å². The van der Waals surface area contributed by atoms with Crippen LogP contribution in [0.1, 0.15) is 13.8 Å². The molecule has 0 saturated heterocycles. The summed E-state index contributed by atoms with van der Waals surface area (Å²) in [5, 5.41) is 8.67. The van der Waals surface area contributed by atoms with Gasteiger partial charge in [-0.1, -0.05) is 0 Å². The Hall–Kier alpha value is -0.220. The van der Waals surface area contributed by atoms with Gasteiger partial charge in [-0.15, -0.1) is 0 Å². The maximum atomic E-state index is 12.2. The molecule has 0 heterocycles. The highest BCUT2D eigenvalue weighted by atomic mass is 19.3. The number of methoxy groups -OCH3 is 1. The lowest BCUT2D eigenvalue weighted by Gasteiger charge is -2.26. The molecule has 0 spiro atoms. The summed E-state index contributed by atoms with van der Waals surface area (Å²) in [4.78, 5) is 0. The fourth-order valence-corrected chi connectivity index (χ4v) is 0.250. The lowest BCUT2D eigenvalue weighted by molar-refractivity contribution is -0.308. The number of hydrogen-bond donors (Lipinski definition) is 1. The minimum absolute atomic E-state index is 0.845. The van der Waals surface area contributed by atoms with Crippen LogP contribution in [-0.2, 0) is 4.74 Å². The standard InChI is InChI=1S/C5H10F2O2/c1-4(2,8)5(6,7)9-3/h8H,1-3H3. The number of aliphatic hydroxyl groups is 1. The van der Waals surface area contributed by atoms with E-state index in [9.17, 15) is 8.78 Å². The molecule has 0 fully saturated rings. The van der Waals surface area contributed by atoms with Crippen LogP contribution >= 0.6 is 0 Å². The van der Waals surface area contributed by atoms with Crippen molar-refractivity contribution in [3.05, 3.63) is 0 Å². The molecule has 0 radical (unpaired) electrons. The Balaban J connectivity index is 4.14. The van der Waals surface area contributed by atoms with E-state index in [2.05, 4.69) is 4.74 Å². The number of alkyl halides is 2. The zero-order valence-corrected chi connectivity index (χ0v) is 5.61. The van der Waals surface area contributed by atoms with Gasteiger partial charge in [0.1, 0.15) is 5.60 Å². The molecule has 0 bridgehead atoms. The first-order chi connectivity index (χ1) is 3.81. The van der Waals surface area contributed by atoms with Gasteiger partial charge in [-0.2, -0.15) is 8.78 Å². The first-order valence-corrected chi connectivity index (χ1v) is 2.46. The molecule has 0 atom stereocenters. The molecule has 0 aliphatic heterocycles. The summed E-state index contributed by atoms with van der Waals surface area (Å²) in [6, 6.07) is 0. The van der Waals surface area contributed by atoms with Crippen LogP contribution in [0.5, 0.6) is 0 Å². The van der Waals surface area contributed by atoms with Crippen molar-refractivity contribution in [2.45, 2.75) is 25.6 Å². The van der Waals surface area contributed by atoms with Crippen molar-refractivity contribution in [1.82, 2.24) is 0 Å². The van der Waals surface area contributed by atoms with Gasteiger partial charge in [0, 0.05) is 7.11 Å². The van der Waals surface area contributed by atoms with Gasteiger partial charge in [-0.05, 0) is 13.8 Å². The predicted octanol–water partition coefficient (Wildman–Crippen LogP) is 0.996.